The molecule has 126 valence electrons. The van der Waals surface area contributed by atoms with E-state index in [0.29, 0.717) is 5.92 Å². The van der Waals surface area contributed by atoms with Gasteiger partial charge in [0.2, 0.25) is 0 Å². The minimum atomic E-state index is 0.0229. The van der Waals surface area contributed by atoms with E-state index in [1.165, 1.54) is 32.1 Å². The molecule has 0 saturated heterocycles. The Morgan fingerprint density at radius 2 is 2.04 bits per heavy atom. The van der Waals surface area contributed by atoms with Crippen molar-refractivity contribution >= 4 is 11.8 Å². The number of imidazole rings is 1. The maximum Gasteiger partial charge on any atom is 0.168 e. The smallest absolute Gasteiger partial charge is 0.168 e. The van der Waals surface area contributed by atoms with E-state index in [1.807, 2.05) is 24.3 Å². The summed E-state index contributed by atoms with van der Waals surface area (Å²) in [5, 5.41) is 19.8. The largest absolute Gasteiger partial charge is 0.390 e. The van der Waals surface area contributed by atoms with E-state index in [4.69, 9.17) is 0 Å². The van der Waals surface area contributed by atoms with Crippen LogP contribution in [0.15, 0.2) is 35.6 Å². The maximum absolute atomic E-state index is 9.62. The number of aliphatic hydroxyl groups excluding tert-OH is 1. The molecule has 4 nitrogen and oxygen atoms in total. The van der Waals surface area contributed by atoms with Crippen molar-refractivity contribution < 1.29 is 5.11 Å². The van der Waals surface area contributed by atoms with Gasteiger partial charge in [0.25, 0.3) is 0 Å². The van der Waals surface area contributed by atoms with Crippen molar-refractivity contribution in [3.63, 3.8) is 0 Å². The predicted octanol–water partition coefficient (Wildman–Crippen LogP) is 4.12. The van der Waals surface area contributed by atoms with Crippen LogP contribution in [0.25, 0.3) is 0 Å². The van der Waals surface area contributed by atoms with Gasteiger partial charge in [-0.3, -0.25) is 0 Å². The summed E-state index contributed by atoms with van der Waals surface area (Å²) in [6, 6.07) is 9.94. The van der Waals surface area contributed by atoms with Gasteiger partial charge in [-0.25, -0.2) is 4.98 Å². The van der Waals surface area contributed by atoms with Crippen LogP contribution in [0.1, 0.15) is 48.9 Å². The number of rotatable bonds is 6. The summed E-state index contributed by atoms with van der Waals surface area (Å²) in [6.07, 6.45) is 8.29. The number of hydrogen-bond acceptors (Lipinski definition) is 4. The highest BCUT2D eigenvalue weighted by Crippen LogP contribution is 2.29. The van der Waals surface area contributed by atoms with Crippen LogP contribution in [-0.4, -0.2) is 14.7 Å². The Morgan fingerprint density at radius 3 is 2.79 bits per heavy atom. The van der Waals surface area contributed by atoms with E-state index < -0.39 is 0 Å². The summed E-state index contributed by atoms with van der Waals surface area (Å²) < 4.78 is 2.18. The molecule has 0 aliphatic heterocycles. The third-order valence-electron chi connectivity index (χ3n) is 4.72. The summed E-state index contributed by atoms with van der Waals surface area (Å²) in [5.74, 6) is 1.40. The first-order chi connectivity index (χ1) is 11.8. The average Bonchev–Trinajstić information content (AvgIpc) is 3.02. The molecular formula is C19H23N3OS. The predicted molar refractivity (Wildman–Crippen MR) is 95.4 cm³/mol. The number of nitriles is 1. The van der Waals surface area contributed by atoms with Gasteiger partial charge in [-0.05, 0) is 30.4 Å². The second-order valence-corrected chi connectivity index (χ2v) is 7.30. The van der Waals surface area contributed by atoms with Crippen LogP contribution in [0.5, 0.6) is 0 Å². The molecule has 1 saturated carbocycles. The van der Waals surface area contributed by atoms with Gasteiger partial charge < -0.3 is 9.67 Å². The third kappa shape index (κ3) is 4.00. The quantitative estimate of drug-likeness (QED) is 0.803. The summed E-state index contributed by atoms with van der Waals surface area (Å²) in [4.78, 5) is 4.51. The van der Waals surface area contributed by atoms with Crippen molar-refractivity contribution in [3.05, 3.63) is 47.3 Å². The lowest BCUT2D eigenvalue weighted by atomic mass is 9.89. The molecule has 1 aliphatic rings. The number of nitrogens with zero attached hydrogens (tertiary/aromatic N) is 3. The van der Waals surface area contributed by atoms with E-state index in [9.17, 15) is 10.4 Å². The summed E-state index contributed by atoms with van der Waals surface area (Å²) in [5.41, 5.74) is 2.64. The Bertz CT molecular complexity index is 714. The summed E-state index contributed by atoms with van der Waals surface area (Å²) in [7, 11) is 0. The van der Waals surface area contributed by atoms with Crippen LogP contribution in [0.4, 0.5) is 0 Å². The van der Waals surface area contributed by atoms with Gasteiger partial charge in [0.05, 0.1) is 30.1 Å². The van der Waals surface area contributed by atoms with Gasteiger partial charge in [0.1, 0.15) is 0 Å². The highest BCUT2D eigenvalue weighted by Gasteiger charge is 2.18. The Morgan fingerprint density at radius 1 is 1.25 bits per heavy atom. The minimum absolute atomic E-state index is 0.0229. The lowest BCUT2D eigenvalue weighted by Crippen LogP contribution is -2.16. The Labute approximate surface area is 147 Å². The zero-order valence-electron chi connectivity index (χ0n) is 13.8. The van der Waals surface area contributed by atoms with Crippen LogP contribution < -0.4 is 0 Å². The fraction of sp³-hybridized carbons (Fsp3) is 0.474. The minimum Gasteiger partial charge on any atom is -0.390 e. The van der Waals surface area contributed by atoms with Crippen LogP contribution in [0.3, 0.4) is 0 Å². The highest BCUT2D eigenvalue weighted by molar-refractivity contribution is 7.98. The molecule has 0 spiro atoms. The van der Waals surface area contributed by atoms with Gasteiger partial charge >= 0.3 is 0 Å². The van der Waals surface area contributed by atoms with E-state index >= 15 is 0 Å². The molecule has 2 aromatic rings. The average molecular weight is 341 g/mol. The molecule has 0 atom stereocenters. The second-order valence-electron chi connectivity index (χ2n) is 6.36. The van der Waals surface area contributed by atoms with Crippen LogP contribution in [-0.2, 0) is 18.9 Å². The first-order valence-electron chi connectivity index (χ1n) is 8.58. The normalized spacial score (nSPS) is 15.3. The number of aliphatic hydroxyl groups is 1. The third-order valence-corrected chi connectivity index (χ3v) is 5.76. The van der Waals surface area contributed by atoms with Crippen molar-refractivity contribution in [1.29, 1.82) is 5.26 Å². The number of benzene rings is 1. The SMILES string of the molecule is N#Cc1ccccc1CSc1ncc(CO)n1CC1CCCCC1. The molecule has 1 heterocycles. The van der Waals surface area contributed by atoms with Crippen molar-refractivity contribution in [1.82, 2.24) is 9.55 Å². The summed E-state index contributed by atoms with van der Waals surface area (Å²) >= 11 is 1.64. The number of thioether (sulfide) groups is 1. The molecule has 1 N–H and O–H groups in total. The van der Waals surface area contributed by atoms with Crippen molar-refractivity contribution in [2.45, 2.75) is 56.2 Å². The van der Waals surface area contributed by atoms with Gasteiger partial charge in [0, 0.05) is 12.3 Å². The maximum atomic E-state index is 9.62. The zero-order chi connectivity index (χ0) is 16.8. The topological polar surface area (TPSA) is 61.8 Å². The van der Waals surface area contributed by atoms with Gasteiger partial charge in [0.15, 0.2) is 5.16 Å². The first kappa shape index (κ1) is 17.1. The highest BCUT2D eigenvalue weighted by atomic mass is 32.2. The van der Waals surface area contributed by atoms with E-state index in [-0.39, 0.29) is 6.61 Å². The van der Waals surface area contributed by atoms with Crippen LogP contribution >= 0.6 is 11.8 Å². The molecule has 3 rings (SSSR count). The molecule has 1 aromatic carbocycles. The zero-order valence-corrected chi connectivity index (χ0v) is 14.6. The molecule has 0 unspecified atom stereocenters. The monoisotopic (exact) mass is 341 g/mol. The molecule has 0 bridgehead atoms. The van der Waals surface area contributed by atoms with Gasteiger partial charge in [-0.15, -0.1) is 0 Å². The molecule has 0 radical (unpaired) electrons. The molecular weight excluding hydrogens is 318 g/mol. The van der Waals surface area contributed by atoms with Crippen molar-refractivity contribution in [2.75, 3.05) is 0 Å². The van der Waals surface area contributed by atoms with E-state index in [2.05, 4.69) is 15.6 Å². The van der Waals surface area contributed by atoms with E-state index in [1.54, 1.807) is 18.0 Å². The molecule has 5 heteroatoms. The molecule has 1 aromatic heterocycles. The molecule has 24 heavy (non-hydrogen) atoms. The van der Waals surface area contributed by atoms with Gasteiger partial charge in [-0.2, -0.15) is 5.26 Å². The van der Waals surface area contributed by atoms with E-state index in [0.717, 1.165) is 34.3 Å². The Kier molecular flexibility index (Phi) is 5.95. The van der Waals surface area contributed by atoms with Crippen molar-refractivity contribution in [2.24, 2.45) is 5.92 Å². The Hall–Kier alpha value is -1.77. The Balaban J connectivity index is 1.73. The van der Waals surface area contributed by atoms with Crippen LogP contribution in [0.2, 0.25) is 0 Å². The lowest BCUT2D eigenvalue weighted by molar-refractivity contribution is 0.255. The van der Waals surface area contributed by atoms with Crippen molar-refractivity contribution in [3.8, 4) is 6.07 Å². The lowest BCUT2D eigenvalue weighted by Gasteiger charge is -2.23. The standard InChI is InChI=1S/C19H23N3OS/c20-10-16-8-4-5-9-17(16)14-24-19-21-11-18(13-23)22(19)12-15-6-2-1-3-7-15/h4-5,8-9,11,15,23H,1-3,6-7,12-14H2. The molecule has 1 fully saturated rings. The molecule has 0 amide bonds. The van der Waals surface area contributed by atoms with Crippen LogP contribution in [0, 0.1) is 17.2 Å². The number of aromatic nitrogens is 2. The fourth-order valence-electron chi connectivity index (χ4n) is 3.35. The fourth-order valence-corrected chi connectivity index (χ4v) is 4.37. The first-order valence-corrected chi connectivity index (χ1v) is 9.56. The number of hydrogen-bond donors (Lipinski definition) is 1. The molecule has 1 aliphatic carbocycles. The van der Waals surface area contributed by atoms with Gasteiger partial charge in [-0.1, -0.05) is 49.2 Å². The second kappa shape index (κ2) is 8.36. The summed E-state index contributed by atoms with van der Waals surface area (Å²) in [6.45, 7) is 0.965.